The largest absolute Gasteiger partial charge is 0.414 e. The molecule has 0 spiro atoms. The molecule has 1 atom stereocenters. The van der Waals surface area contributed by atoms with Gasteiger partial charge in [-0.1, -0.05) is 90.5 Å². The van der Waals surface area contributed by atoms with Gasteiger partial charge in [-0.05, 0) is 56.7 Å². The molecule has 3 heteroatoms. The van der Waals surface area contributed by atoms with Crippen molar-refractivity contribution in [2.24, 2.45) is 0 Å². The van der Waals surface area contributed by atoms with E-state index >= 15 is 0 Å². The molecule has 0 aromatic rings. The topological polar surface area (TPSA) is 26.3 Å². The lowest BCUT2D eigenvalue weighted by atomic mass is 10.1. The Kier molecular flexibility index (Phi) is 16.7. The van der Waals surface area contributed by atoms with E-state index < -0.39 is 8.32 Å². The Morgan fingerprint density at radius 2 is 1.38 bits per heavy atom. The molecule has 2 nitrogen and oxygen atoms in total. The standard InChI is InChI=1S/C26H50O2Si/c1-7-8-9-10-11-12-13-14-15-16-17-18-19-20-21-22-25(23-24-27)28-29(5,6)26(2,3)4/h11-12,14-15,24-25H,7-10,13,16-23H2,1-6H3. The molecule has 0 amide bonds. The highest BCUT2D eigenvalue weighted by atomic mass is 28.4. The summed E-state index contributed by atoms with van der Waals surface area (Å²) in [4.78, 5) is 11.0. The lowest BCUT2D eigenvalue weighted by molar-refractivity contribution is -0.109. The van der Waals surface area contributed by atoms with Crippen molar-refractivity contribution >= 4 is 14.6 Å². The molecule has 0 aromatic heterocycles. The van der Waals surface area contributed by atoms with Crippen LogP contribution in [-0.4, -0.2) is 20.7 Å². The summed E-state index contributed by atoms with van der Waals surface area (Å²) in [6.07, 6.45) is 25.8. The van der Waals surface area contributed by atoms with Crippen molar-refractivity contribution in [2.75, 3.05) is 0 Å². The van der Waals surface area contributed by atoms with Crippen molar-refractivity contribution in [3.63, 3.8) is 0 Å². The number of aldehydes is 1. The average molecular weight is 423 g/mol. The quantitative estimate of drug-likeness (QED) is 0.0954. The third kappa shape index (κ3) is 15.8. The summed E-state index contributed by atoms with van der Waals surface area (Å²) >= 11 is 0. The number of carbonyl (C=O) groups excluding carboxylic acids is 1. The summed E-state index contributed by atoms with van der Waals surface area (Å²) in [5.74, 6) is 0. The maximum Gasteiger partial charge on any atom is 0.192 e. The van der Waals surface area contributed by atoms with Crippen molar-refractivity contribution < 1.29 is 9.22 Å². The van der Waals surface area contributed by atoms with Crippen molar-refractivity contribution in [1.82, 2.24) is 0 Å². The Hall–Kier alpha value is -0.673. The fourth-order valence-electron chi connectivity index (χ4n) is 3.11. The molecule has 0 radical (unpaired) electrons. The molecule has 0 aliphatic heterocycles. The van der Waals surface area contributed by atoms with E-state index in [1.807, 2.05) is 0 Å². The van der Waals surface area contributed by atoms with Crippen LogP contribution in [0.1, 0.15) is 111 Å². The Morgan fingerprint density at radius 3 is 1.93 bits per heavy atom. The van der Waals surface area contributed by atoms with E-state index in [0.29, 0.717) is 6.42 Å². The fourth-order valence-corrected chi connectivity index (χ4v) is 4.51. The van der Waals surface area contributed by atoms with Gasteiger partial charge in [-0.2, -0.15) is 0 Å². The smallest absolute Gasteiger partial charge is 0.192 e. The molecule has 0 fully saturated rings. The van der Waals surface area contributed by atoms with Gasteiger partial charge in [-0.25, -0.2) is 0 Å². The van der Waals surface area contributed by atoms with Gasteiger partial charge in [0.15, 0.2) is 8.32 Å². The Bertz CT molecular complexity index is 446. The molecule has 0 aliphatic carbocycles. The van der Waals surface area contributed by atoms with Crippen molar-refractivity contribution in [1.29, 1.82) is 0 Å². The first-order valence-electron chi connectivity index (χ1n) is 12.2. The number of hydrogen-bond donors (Lipinski definition) is 0. The Morgan fingerprint density at radius 1 is 0.828 bits per heavy atom. The van der Waals surface area contributed by atoms with E-state index in [1.54, 1.807) is 0 Å². The molecule has 1 unspecified atom stereocenters. The summed E-state index contributed by atoms with van der Waals surface area (Å²) in [5, 5.41) is 0.201. The van der Waals surface area contributed by atoms with Crippen LogP contribution >= 0.6 is 0 Å². The molecule has 0 rings (SSSR count). The van der Waals surface area contributed by atoms with Crippen LogP contribution < -0.4 is 0 Å². The second kappa shape index (κ2) is 17.1. The molecular formula is C26H50O2Si. The predicted octanol–water partition coefficient (Wildman–Crippen LogP) is 8.78. The van der Waals surface area contributed by atoms with Gasteiger partial charge in [0.2, 0.25) is 0 Å². The number of hydrogen-bond acceptors (Lipinski definition) is 2. The van der Waals surface area contributed by atoms with Gasteiger partial charge in [0.05, 0.1) is 6.10 Å². The third-order valence-electron chi connectivity index (χ3n) is 6.10. The zero-order chi connectivity index (χ0) is 22.0. The van der Waals surface area contributed by atoms with Crippen LogP contribution in [0.4, 0.5) is 0 Å². The lowest BCUT2D eigenvalue weighted by Gasteiger charge is -2.39. The van der Waals surface area contributed by atoms with Gasteiger partial charge in [0.25, 0.3) is 0 Å². The zero-order valence-corrected chi connectivity index (χ0v) is 21.5. The predicted molar refractivity (Wildman–Crippen MR) is 132 cm³/mol. The summed E-state index contributed by atoms with van der Waals surface area (Å²) in [7, 11) is -1.79. The minimum atomic E-state index is -1.79. The first kappa shape index (κ1) is 28.3. The highest BCUT2D eigenvalue weighted by Gasteiger charge is 2.38. The van der Waals surface area contributed by atoms with Gasteiger partial charge in [-0.3, -0.25) is 0 Å². The highest BCUT2D eigenvalue weighted by Crippen LogP contribution is 2.38. The van der Waals surface area contributed by atoms with Crippen LogP contribution in [0.2, 0.25) is 18.1 Å². The van der Waals surface area contributed by atoms with Crippen LogP contribution in [0.5, 0.6) is 0 Å². The lowest BCUT2D eigenvalue weighted by Crippen LogP contribution is -2.44. The third-order valence-corrected chi connectivity index (χ3v) is 10.6. The van der Waals surface area contributed by atoms with Crippen LogP contribution in [-0.2, 0) is 9.22 Å². The van der Waals surface area contributed by atoms with E-state index in [-0.39, 0.29) is 11.1 Å². The summed E-state index contributed by atoms with van der Waals surface area (Å²) in [6, 6.07) is 0. The van der Waals surface area contributed by atoms with Crippen LogP contribution in [0.15, 0.2) is 24.3 Å². The molecule has 29 heavy (non-hydrogen) atoms. The van der Waals surface area contributed by atoms with Gasteiger partial charge < -0.3 is 9.22 Å². The van der Waals surface area contributed by atoms with Gasteiger partial charge in [0.1, 0.15) is 6.29 Å². The summed E-state index contributed by atoms with van der Waals surface area (Å²) in [6.45, 7) is 13.6. The Labute approximate surface area is 183 Å². The minimum absolute atomic E-state index is 0.117. The number of allylic oxidation sites excluding steroid dienone is 4. The summed E-state index contributed by atoms with van der Waals surface area (Å²) < 4.78 is 6.45. The van der Waals surface area contributed by atoms with Crippen molar-refractivity contribution in [2.45, 2.75) is 135 Å². The van der Waals surface area contributed by atoms with Gasteiger partial charge in [-0.15, -0.1) is 0 Å². The normalized spacial score (nSPS) is 14.1. The van der Waals surface area contributed by atoms with Gasteiger partial charge >= 0.3 is 0 Å². The van der Waals surface area contributed by atoms with Gasteiger partial charge in [0, 0.05) is 6.42 Å². The summed E-state index contributed by atoms with van der Waals surface area (Å²) in [5.41, 5.74) is 0. The maximum atomic E-state index is 11.0. The molecule has 0 aromatic carbocycles. The molecule has 0 N–H and O–H groups in total. The maximum absolute atomic E-state index is 11.0. The van der Waals surface area contributed by atoms with Crippen molar-refractivity contribution in [3.8, 4) is 0 Å². The Balaban J connectivity index is 3.78. The van der Waals surface area contributed by atoms with Crippen LogP contribution in [0, 0.1) is 0 Å². The molecule has 0 saturated heterocycles. The molecule has 0 bridgehead atoms. The second-order valence-electron chi connectivity index (χ2n) is 9.92. The average Bonchev–Trinajstić information content (AvgIpc) is 2.63. The monoisotopic (exact) mass is 422 g/mol. The fraction of sp³-hybridized carbons (Fsp3) is 0.808. The first-order chi connectivity index (χ1) is 13.7. The zero-order valence-electron chi connectivity index (χ0n) is 20.5. The van der Waals surface area contributed by atoms with Crippen molar-refractivity contribution in [3.05, 3.63) is 24.3 Å². The molecular weight excluding hydrogens is 372 g/mol. The molecule has 0 heterocycles. The number of carbonyl (C=O) groups is 1. The number of unbranched alkanes of at least 4 members (excludes halogenated alkanes) is 8. The number of rotatable bonds is 18. The molecule has 0 saturated carbocycles. The molecule has 0 aliphatic rings. The van der Waals surface area contributed by atoms with E-state index in [9.17, 15) is 4.79 Å². The van der Waals surface area contributed by atoms with E-state index in [1.165, 1.54) is 64.2 Å². The minimum Gasteiger partial charge on any atom is -0.414 e. The van der Waals surface area contributed by atoms with E-state index in [4.69, 9.17) is 4.43 Å². The second-order valence-corrected chi connectivity index (χ2v) is 14.7. The van der Waals surface area contributed by atoms with Crippen LogP contribution in [0.25, 0.3) is 0 Å². The highest BCUT2D eigenvalue weighted by molar-refractivity contribution is 6.74. The SMILES string of the molecule is CCCCCC=CCC=CCCCCCCCC(CC=O)O[Si](C)(C)C(C)(C)C. The molecule has 170 valence electrons. The van der Waals surface area contributed by atoms with E-state index in [2.05, 4.69) is 65.1 Å². The van der Waals surface area contributed by atoms with Crippen LogP contribution in [0.3, 0.4) is 0 Å². The first-order valence-corrected chi connectivity index (χ1v) is 15.1. The van der Waals surface area contributed by atoms with E-state index in [0.717, 1.165) is 19.1 Å².